The Bertz CT molecular complexity index is 336. The Kier molecular flexibility index (Phi) is 2.24. The Morgan fingerprint density at radius 3 is 2.86 bits per heavy atom. The van der Waals surface area contributed by atoms with Gasteiger partial charge in [-0.25, -0.2) is 0 Å². The lowest BCUT2D eigenvalue weighted by Crippen LogP contribution is -2.21. The number of halogens is 1. The fourth-order valence-corrected chi connectivity index (χ4v) is 3.12. The first-order chi connectivity index (χ1) is 6.83. The topological polar surface area (TPSA) is 24.9 Å². The van der Waals surface area contributed by atoms with Gasteiger partial charge in [-0.15, -0.1) is 0 Å². The standard InChI is InChI=1S/C11H13IN2/c12-11-4-1-7(6-13-11)9-5-8-2-3-10(9)14-8/h1,4,6,8-10,14H,2-3,5H2/t8-,9-,10+/m1/s1. The molecule has 2 fully saturated rings. The van der Waals surface area contributed by atoms with Gasteiger partial charge in [-0.3, -0.25) is 4.98 Å². The van der Waals surface area contributed by atoms with E-state index in [9.17, 15) is 0 Å². The Balaban J connectivity index is 1.86. The van der Waals surface area contributed by atoms with Gasteiger partial charge in [0.15, 0.2) is 0 Å². The molecule has 0 radical (unpaired) electrons. The highest BCUT2D eigenvalue weighted by Gasteiger charge is 2.39. The maximum atomic E-state index is 4.37. The molecule has 0 spiro atoms. The van der Waals surface area contributed by atoms with Crippen LogP contribution in [0.15, 0.2) is 18.3 Å². The van der Waals surface area contributed by atoms with Gasteiger partial charge in [-0.05, 0) is 53.5 Å². The van der Waals surface area contributed by atoms with Gasteiger partial charge in [0.25, 0.3) is 0 Å². The molecule has 74 valence electrons. The quantitative estimate of drug-likeness (QED) is 0.636. The van der Waals surface area contributed by atoms with Gasteiger partial charge in [0.1, 0.15) is 3.70 Å². The molecule has 1 aromatic heterocycles. The smallest absolute Gasteiger partial charge is 0.101 e. The van der Waals surface area contributed by atoms with Crippen molar-refractivity contribution in [1.29, 1.82) is 0 Å². The van der Waals surface area contributed by atoms with Crippen molar-refractivity contribution >= 4 is 22.6 Å². The van der Waals surface area contributed by atoms with Crippen LogP contribution in [0.4, 0.5) is 0 Å². The van der Waals surface area contributed by atoms with Crippen molar-refractivity contribution in [3.63, 3.8) is 0 Å². The lowest BCUT2D eigenvalue weighted by atomic mass is 9.85. The van der Waals surface area contributed by atoms with Crippen molar-refractivity contribution in [2.45, 2.75) is 37.3 Å². The van der Waals surface area contributed by atoms with E-state index < -0.39 is 0 Å². The second-order valence-electron chi connectivity index (χ2n) is 4.30. The van der Waals surface area contributed by atoms with Crippen LogP contribution >= 0.6 is 22.6 Å². The van der Waals surface area contributed by atoms with Gasteiger partial charge < -0.3 is 5.32 Å². The zero-order chi connectivity index (χ0) is 9.54. The number of nitrogens with one attached hydrogen (secondary N) is 1. The van der Waals surface area contributed by atoms with Crippen LogP contribution in [0.5, 0.6) is 0 Å². The highest BCUT2D eigenvalue weighted by atomic mass is 127. The summed E-state index contributed by atoms with van der Waals surface area (Å²) in [7, 11) is 0. The minimum absolute atomic E-state index is 0.721. The molecular weight excluding hydrogens is 287 g/mol. The van der Waals surface area contributed by atoms with E-state index in [4.69, 9.17) is 0 Å². The predicted octanol–water partition coefficient (Wildman–Crippen LogP) is 2.29. The van der Waals surface area contributed by atoms with E-state index in [2.05, 4.69) is 51.2 Å². The van der Waals surface area contributed by atoms with Crippen molar-refractivity contribution in [3.8, 4) is 0 Å². The first kappa shape index (κ1) is 9.09. The maximum Gasteiger partial charge on any atom is 0.101 e. The largest absolute Gasteiger partial charge is 0.311 e. The molecule has 2 aliphatic heterocycles. The van der Waals surface area contributed by atoms with E-state index >= 15 is 0 Å². The van der Waals surface area contributed by atoms with Crippen LogP contribution in [-0.4, -0.2) is 17.1 Å². The van der Waals surface area contributed by atoms with Gasteiger partial charge >= 0.3 is 0 Å². The minimum atomic E-state index is 0.721. The van der Waals surface area contributed by atoms with Crippen LogP contribution in [-0.2, 0) is 0 Å². The normalized spacial score (nSPS) is 35.1. The monoisotopic (exact) mass is 300 g/mol. The maximum absolute atomic E-state index is 4.37. The second-order valence-corrected chi connectivity index (χ2v) is 5.41. The number of pyridine rings is 1. The highest BCUT2D eigenvalue weighted by Crippen LogP contribution is 2.39. The van der Waals surface area contributed by atoms with Crippen molar-refractivity contribution < 1.29 is 0 Å². The SMILES string of the molecule is Ic1ccc([C@H]2C[C@H]3CC[C@@H]2N3)cn1. The van der Waals surface area contributed by atoms with Crippen molar-refractivity contribution in [2.24, 2.45) is 0 Å². The molecule has 3 atom stereocenters. The van der Waals surface area contributed by atoms with Crippen molar-refractivity contribution in [2.75, 3.05) is 0 Å². The van der Waals surface area contributed by atoms with Crippen molar-refractivity contribution in [1.82, 2.24) is 10.3 Å². The Hall–Kier alpha value is -0.160. The van der Waals surface area contributed by atoms with Crippen LogP contribution in [0.2, 0.25) is 0 Å². The lowest BCUT2D eigenvalue weighted by Gasteiger charge is -2.19. The molecule has 3 heteroatoms. The number of aromatic nitrogens is 1. The first-order valence-electron chi connectivity index (χ1n) is 5.20. The molecule has 0 amide bonds. The zero-order valence-electron chi connectivity index (χ0n) is 7.91. The van der Waals surface area contributed by atoms with E-state index in [0.717, 1.165) is 21.7 Å². The van der Waals surface area contributed by atoms with Gasteiger partial charge in [-0.2, -0.15) is 0 Å². The van der Waals surface area contributed by atoms with Gasteiger partial charge in [-0.1, -0.05) is 6.07 Å². The molecule has 14 heavy (non-hydrogen) atoms. The summed E-state index contributed by atoms with van der Waals surface area (Å²) < 4.78 is 1.09. The molecule has 0 saturated carbocycles. The van der Waals surface area contributed by atoms with E-state index in [1.165, 1.54) is 24.8 Å². The molecule has 1 aromatic rings. The van der Waals surface area contributed by atoms with Gasteiger partial charge in [0, 0.05) is 24.2 Å². The fraction of sp³-hybridized carbons (Fsp3) is 0.545. The summed E-state index contributed by atoms with van der Waals surface area (Å²) >= 11 is 2.26. The number of fused-ring (bicyclic) bond motifs is 2. The summed E-state index contributed by atoms with van der Waals surface area (Å²) in [6, 6.07) is 5.86. The molecule has 0 unspecified atom stereocenters. The lowest BCUT2D eigenvalue weighted by molar-refractivity contribution is 0.505. The average molecular weight is 300 g/mol. The predicted molar refractivity (Wildman–Crippen MR) is 64.3 cm³/mol. The third-order valence-corrected chi connectivity index (χ3v) is 4.12. The number of hydrogen-bond donors (Lipinski definition) is 1. The molecule has 0 aromatic carbocycles. The van der Waals surface area contributed by atoms with Crippen LogP contribution in [0.3, 0.4) is 0 Å². The van der Waals surface area contributed by atoms with E-state index in [1.807, 2.05) is 0 Å². The third kappa shape index (κ3) is 1.46. The molecule has 2 saturated heterocycles. The Labute approximate surface area is 97.6 Å². The van der Waals surface area contributed by atoms with Crippen LogP contribution in [0, 0.1) is 3.70 Å². The fourth-order valence-electron chi connectivity index (χ4n) is 2.80. The molecule has 3 rings (SSSR count). The van der Waals surface area contributed by atoms with E-state index in [0.29, 0.717) is 0 Å². The zero-order valence-corrected chi connectivity index (χ0v) is 10.1. The second kappa shape index (κ2) is 3.45. The number of hydrogen-bond acceptors (Lipinski definition) is 2. The summed E-state index contributed by atoms with van der Waals surface area (Å²) in [5, 5.41) is 3.66. The molecule has 1 N–H and O–H groups in total. The molecule has 2 aliphatic rings. The first-order valence-corrected chi connectivity index (χ1v) is 6.28. The summed E-state index contributed by atoms with van der Waals surface area (Å²) in [4.78, 5) is 4.37. The number of rotatable bonds is 1. The van der Waals surface area contributed by atoms with E-state index in [1.54, 1.807) is 0 Å². The summed E-state index contributed by atoms with van der Waals surface area (Å²) in [6.07, 6.45) is 6.09. The van der Waals surface area contributed by atoms with Crippen LogP contribution < -0.4 is 5.32 Å². The average Bonchev–Trinajstić information content (AvgIpc) is 2.80. The van der Waals surface area contributed by atoms with Gasteiger partial charge in [0.2, 0.25) is 0 Å². The molecule has 3 heterocycles. The van der Waals surface area contributed by atoms with E-state index in [-0.39, 0.29) is 0 Å². The van der Waals surface area contributed by atoms with Crippen molar-refractivity contribution in [3.05, 3.63) is 27.6 Å². The molecule has 0 aliphatic carbocycles. The van der Waals surface area contributed by atoms with Gasteiger partial charge in [0.05, 0.1) is 0 Å². The molecular formula is C11H13IN2. The number of nitrogens with zero attached hydrogens (tertiary/aromatic N) is 1. The molecule has 2 bridgehead atoms. The summed E-state index contributed by atoms with van der Waals surface area (Å²) in [5.41, 5.74) is 1.42. The Morgan fingerprint density at radius 1 is 1.36 bits per heavy atom. The highest BCUT2D eigenvalue weighted by molar-refractivity contribution is 14.1. The minimum Gasteiger partial charge on any atom is -0.311 e. The summed E-state index contributed by atoms with van der Waals surface area (Å²) in [6.45, 7) is 0. The Morgan fingerprint density at radius 2 is 2.29 bits per heavy atom. The molecule has 2 nitrogen and oxygen atoms in total. The third-order valence-electron chi connectivity index (χ3n) is 3.48. The summed E-state index contributed by atoms with van der Waals surface area (Å²) in [5.74, 6) is 0.721. The van der Waals surface area contributed by atoms with Crippen LogP contribution in [0.1, 0.15) is 30.7 Å². The van der Waals surface area contributed by atoms with Crippen LogP contribution in [0.25, 0.3) is 0 Å².